The van der Waals surface area contributed by atoms with Gasteiger partial charge in [0, 0.05) is 6.20 Å². The molecule has 1 aromatic heterocycles. The second-order valence-corrected chi connectivity index (χ2v) is 2.57. The first-order valence-corrected chi connectivity index (χ1v) is 4.01. The van der Waals surface area contributed by atoms with E-state index in [1.165, 1.54) is 12.3 Å². The summed E-state index contributed by atoms with van der Waals surface area (Å²) in [5.41, 5.74) is 1.21. The van der Waals surface area contributed by atoms with E-state index < -0.39 is 0 Å². The monoisotopic (exact) mass is 187 g/mol. The molecular formula is C10H9N3O. The highest BCUT2D eigenvalue weighted by molar-refractivity contribution is 5.86. The van der Waals surface area contributed by atoms with Crippen molar-refractivity contribution in [3.63, 3.8) is 0 Å². The molecule has 0 spiro atoms. The molecule has 1 rings (SSSR count). The molecule has 0 aliphatic carbocycles. The molecule has 0 aliphatic rings. The lowest BCUT2D eigenvalue weighted by atomic mass is 10.2. The zero-order chi connectivity index (χ0) is 10.4. The first-order valence-electron chi connectivity index (χ1n) is 4.01. The largest absolute Gasteiger partial charge is 0.347 e. The van der Waals surface area contributed by atoms with Crippen molar-refractivity contribution in [2.24, 2.45) is 0 Å². The Labute approximate surface area is 81.9 Å². The lowest BCUT2D eigenvalue weighted by Gasteiger charge is -2.00. The summed E-state index contributed by atoms with van der Waals surface area (Å²) >= 11 is 0. The van der Waals surface area contributed by atoms with Gasteiger partial charge in [-0.1, -0.05) is 6.58 Å². The van der Waals surface area contributed by atoms with Crippen molar-refractivity contribution >= 4 is 5.91 Å². The summed E-state index contributed by atoms with van der Waals surface area (Å²) in [5, 5.41) is 11.1. The van der Waals surface area contributed by atoms with E-state index in [0.717, 1.165) is 0 Å². The summed E-state index contributed by atoms with van der Waals surface area (Å²) < 4.78 is 0. The number of carbonyl (C=O) groups is 1. The molecule has 1 N–H and O–H groups in total. The molecule has 0 saturated heterocycles. The van der Waals surface area contributed by atoms with Gasteiger partial charge in [0.1, 0.15) is 6.07 Å². The van der Waals surface area contributed by atoms with Crippen LogP contribution in [0.25, 0.3) is 0 Å². The third-order valence-electron chi connectivity index (χ3n) is 1.58. The normalized spacial score (nSPS) is 8.79. The number of carbonyl (C=O) groups excluding carboxylic acids is 1. The van der Waals surface area contributed by atoms with Crippen LogP contribution in [-0.4, -0.2) is 10.9 Å². The van der Waals surface area contributed by atoms with Gasteiger partial charge in [-0.15, -0.1) is 0 Å². The molecule has 4 heteroatoms. The van der Waals surface area contributed by atoms with Gasteiger partial charge in [0.05, 0.1) is 17.8 Å². The van der Waals surface area contributed by atoms with Gasteiger partial charge in [0.15, 0.2) is 0 Å². The molecule has 0 aliphatic heterocycles. The van der Waals surface area contributed by atoms with Crippen LogP contribution in [0.5, 0.6) is 0 Å². The average molecular weight is 187 g/mol. The SMILES string of the molecule is C=CC(=O)NCc1ccc(C#N)cn1. The fourth-order valence-corrected chi connectivity index (χ4v) is 0.845. The number of hydrogen-bond acceptors (Lipinski definition) is 3. The molecule has 1 amide bonds. The summed E-state index contributed by atoms with van der Waals surface area (Å²) in [7, 11) is 0. The number of rotatable bonds is 3. The van der Waals surface area contributed by atoms with Gasteiger partial charge in [-0.05, 0) is 18.2 Å². The van der Waals surface area contributed by atoms with E-state index >= 15 is 0 Å². The first-order chi connectivity index (χ1) is 6.76. The van der Waals surface area contributed by atoms with Crippen LogP contribution in [-0.2, 0) is 11.3 Å². The molecule has 0 bridgehead atoms. The molecule has 0 fully saturated rings. The van der Waals surface area contributed by atoms with Gasteiger partial charge >= 0.3 is 0 Å². The predicted molar refractivity (Wildman–Crippen MR) is 51.0 cm³/mol. The lowest BCUT2D eigenvalue weighted by molar-refractivity contribution is -0.116. The Hall–Kier alpha value is -2.15. The zero-order valence-corrected chi connectivity index (χ0v) is 7.53. The van der Waals surface area contributed by atoms with Crippen molar-refractivity contribution in [1.29, 1.82) is 5.26 Å². The van der Waals surface area contributed by atoms with Crippen molar-refractivity contribution in [3.05, 3.63) is 42.2 Å². The summed E-state index contributed by atoms with van der Waals surface area (Å²) in [6.07, 6.45) is 2.67. The molecule has 0 radical (unpaired) electrons. The Morgan fingerprint density at radius 1 is 1.71 bits per heavy atom. The average Bonchev–Trinajstić information content (AvgIpc) is 2.26. The van der Waals surface area contributed by atoms with Crippen molar-refractivity contribution in [2.45, 2.75) is 6.54 Å². The summed E-state index contributed by atoms with van der Waals surface area (Å²) in [6.45, 7) is 3.67. The van der Waals surface area contributed by atoms with Gasteiger partial charge in [-0.2, -0.15) is 5.26 Å². The highest BCUT2D eigenvalue weighted by Gasteiger charge is 1.97. The summed E-state index contributed by atoms with van der Waals surface area (Å²) in [4.78, 5) is 14.8. The van der Waals surface area contributed by atoms with E-state index in [9.17, 15) is 4.79 Å². The van der Waals surface area contributed by atoms with Crippen molar-refractivity contribution in [1.82, 2.24) is 10.3 Å². The van der Waals surface area contributed by atoms with Crippen LogP contribution < -0.4 is 5.32 Å². The Morgan fingerprint density at radius 2 is 2.50 bits per heavy atom. The first kappa shape index (κ1) is 9.93. The minimum Gasteiger partial charge on any atom is -0.347 e. The van der Waals surface area contributed by atoms with Gasteiger partial charge in [-0.3, -0.25) is 9.78 Å². The molecule has 14 heavy (non-hydrogen) atoms. The highest BCUT2D eigenvalue weighted by atomic mass is 16.1. The van der Waals surface area contributed by atoms with Gasteiger partial charge < -0.3 is 5.32 Å². The van der Waals surface area contributed by atoms with Crippen LogP contribution in [0.15, 0.2) is 31.0 Å². The molecule has 4 nitrogen and oxygen atoms in total. The van der Waals surface area contributed by atoms with Crippen LogP contribution in [0.3, 0.4) is 0 Å². The maximum Gasteiger partial charge on any atom is 0.243 e. The van der Waals surface area contributed by atoms with E-state index in [-0.39, 0.29) is 5.91 Å². The highest BCUT2D eigenvalue weighted by Crippen LogP contribution is 1.97. The maximum absolute atomic E-state index is 10.8. The number of nitrogens with one attached hydrogen (secondary N) is 1. The minimum absolute atomic E-state index is 0.240. The van der Waals surface area contributed by atoms with Gasteiger partial charge in [-0.25, -0.2) is 0 Å². The molecule has 1 heterocycles. The van der Waals surface area contributed by atoms with E-state index in [0.29, 0.717) is 17.8 Å². The van der Waals surface area contributed by atoms with Crippen LogP contribution >= 0.6 is 0 Å². The van der Waals surface area contributed by atoms with Gasteiger partial charge in [0.25, 0.3) is 0 Å². The Morgan fingerprint density at radius 3 is 3.00 bits per heavy atom. The van der Waals surface area contributed by atoms with Gasteiger partial charge in [0.2, 0.25) is 5.91 Å². The molecule has 0 saturated carbocycles. The molecule has 0 unspecified atom stereocenters. The van der Waals surface area contributed by atoms with Crippen molar-refractivity contribution in [2.75, 3.05) is 0 Å². The quantitative estimate of drug-likeness (QED) is 0.710. The number of hydrogen-bond donors (Lipinski definition) is 1. The zero-order valence-electron chi connectivity index (χ0n) is 7.53. The van der Waals surface area contributed by atoms with Crippen molar-refractivity contribution in [3.8, 4) is 6.07 Å². The molecule has 0 atom stereocenters. The third-order valence-corrected chi connectivity index (χ3v) is 1.58. The maximum atomic E-state index is 10.8. The summed E-state index contributed by atoms with van der Waals surface area (Å²) in [6, 6.07) is 5.32. The van der Waals surface area contributed by atoms with E-state index in [2.05, 4.69) is 16.9 Å². The standard InChI is InChI=1S/C10H9N3O/c1-2-10(14)13-7-9-4-3-8(5-11)6-12-9/h2-4,6H,1,7H2,(H,13,14). The van der Waals surface area contributed by atoms with E-state index in [1.54, 1.807) is 12.1 Å². The third kappa shape index (κ3) is 2.72. The molecule has 70 valence electrons. The lowest BCUT2D eigenvalue weighted by Crippen LogP contribution is -2.20. The van der Waals surface area contributed by atoms with Crippen molar-refractivity contribution < 1.29 is 4.79 Å². The fourth-order valence-electron chi connectivity index (χ4n) is 0.845. The van der Waals surface area contributed by atoms with Crippen LogP contribution in [0.2, 0.25) is 0 Å². The summed E-state index contributed by atoms with van der Waals surface area (Å²) in [5.74, 6) is -0.240. The van der Waals surface area contributed by atoms with Crippen LogP contribution in [0, 0.1) is 11.3 Å². The van der Waals surface area contributed by atoms with E-state index in [1.807, 2.05) is 6.07 Å². The second-order valence-electron chi connectivity index (χ2n) is 2.57. The topological polar surface area (TPSA) is 65.8 Å². The van der Waals surface area contributed by atoms with Crippen LogP contribution in [0.1, 0.15) is 11.3 Å². The number of amides is 1. The Balaban J connectivity index is 2.57. The predicted octanol–water partition coefficient (Wildman–Crippen LogP) is 0.755. The fraction of sp³-hybridized carbons (Fsp3) is 0.100. The molecule has 1 aromatic rings. The van der Waals surface area contributed by atoms with Crippen LogP contribution in [0.4, 0.5) is 0 Å². The smallest absolute Gasteiger partial charge is 0.243 e. The Bertz CT molecular complexity index is 375. The van der Waals surface area contributed by atoms with E-state index in [4.69, 9.17) is 5.26 Å². The molecular weight excluding hydrogens is 178 g/mol. The minimum atomic E-state index is -0.240. The molecule has 0 aromatic carbocycles. The second kappa shape index (κ2) is 4.77. The number of nitriles is 1. The number of pyridine rings is 1. The number of aromatic nitrogens is 1. The number of nitrogens with zero attached hydrogens (tertiary/aromatic N) is 2. The Kier molecular flexibility index (Phi) is 3.39.